The highest BCUT2D eigenvalue weighted by Gasteiger charge is 2.13. The third kappa shape index (κ3) is 5.10. The van der Waals surface area contributed by atoms with Crippen molar-refractivity contribution in [1.29, 1.82) is 0 Å². The lowest BCUT2D eigenvalue weighted by Crippen LogP contribution is -2.38. The van der Waals surface area contributed by atoms with Crippen LogP contribution in [0.4, 0.5) is 0 Å². The van der Waals surface area contributed by atoms with Crippen LogP contribution in [0.2, 0.25) is 0 Å². The van der Waals surface area contributed by atoms with Crippen LogP contribution < -0.4 is 10.6 Å². The summed E-state index contributed by atoms with van der Waals surface area (Å²) in [6, 6.07) is 6.71. The fourth-order valence-corrected chi connectivity index (χ4v) is 3.53. The molecule has 0 aliphatic heterocycles. The SMILES string of the molecule is CCc1nn(C)c(CC)c1CNC(=NC)NCCc1cc(C)cc(C)c1. The number of guanidine groups is 1. The second-order valence-electron chi connectivity index (χ2n) is 6.80. The van der Waals surface area contributed by atoms with Crippen molar-refractivity contribution < 1.29 is 0 Å². The highest BCUT2D eigenvalue weighted by Crippen LogP contribution is 2.15. The number of rotatable bonds is 7. The maximum absolute atomic E-state index is 4.64. The van der Waals surface area contributed by atoms with Gasteiger partial charge in [-0.2, -0.15) is 5.10 Å². The van der Waals surface area contributed by atoms with Crippen LogP contribution in [0, 0.1) is 13.8 Å². The molecular formula is C21H33N5. The summed E-state index contributed by atoms with van der Waals surface area (Å²) in [6.45, 7) is 10.2. The summed E-state index contributed by atoms with van der Waals surface area (Å²) in [6.07, 6.45) is 2.92. The molecule has 26 heavy (non-hydrogen) atoms. The molecule has 1 aromatic carbocycles. The van der Waals surface area contributed by atoms with Crippen LogP contribution in [0.3, 0.4) is 0 Å². The Morgan fingerprint density at radius 2 is 1.77 bits per heavy atom. The molecule has 0 fully saturated rings. The van der Waals surface area contributed by atoms with Crippen molar-refractivity contribution in [1.82, 2.24) is 20.4 Å². The molecule has 0 radical (unpaired) electrons. The van der Waals surface area contributed by atoms with Gasteiger partial charge in [-0.15, -0.1) is 0 Å². The standard InChI is InChI=1S/C21H33N5/c1-7-19-18(20(8-2)26(6)25-19)14-24-21(22-5)23-10-9-17-12-15(3)11-16(4)13-17/h11-13H,7-10,14H2,1-6H3,(H2,22,23,24). The van der Waals surface area contributed by atoms with E-state index >= 15 is 0 Å². The number of aliphatic imine (C=N–C) groups is 1. The molecule has 0 aliphatic carbocycles. The summed E-state index contributed by atoms with van der Waals surface area (Å²) < 4.78 is 2.01. The fourth-order valence-electron chi connectivity index (χ4n) is 3.53. The van der Waals surface area contributed by atoms with Crippen LogP contribution in [-0.2, 0) is 32.9 Å². The fraction of sp³-hybridized carbons (Fsp3) is 0.524. The van der Waals surface area contributed by atoms with Crippen molar-refractivity contribution in [2.45, 2.75) is 53.5 Å². The van der Waals surface area contributed by atoms with E-state index < -0.39 is 0 Å². The van der Waals surface area contributed by atoms with Crippen molar-refractivity contribution in [2.24, 2.45) is 12.0 Å². The van der Waals surface area contributed by atoms with Gasteiger partial charge in [0.15, 0.2) is 5.96 Å². The van der Waals surface area contributed by atoms with Gasteiger partial charge in [0.2, 0.25) is 0 Å². The van der Waals surface area contributed by atoms with Gasteiger partial charge in [0.25, 0.3) is 0 Å². The van der Waals surface area contributed by atoms with Gasteiger partial charge in [0.05, 0.1) is 5.69 Å². The molecule has 1 aromatic heterocycles. The molecule has 0 bridgehead atoms. The summed E-state index contributed by atoms with van der Waals surface area (Å²) in [4.78, 5) is 4.35. The molecule has 0 spiro atoms. The first-order chi connectivity index (χ1) is 12.5. The van der Waals surface area contributed by atoms with Crippen LogP contribution in [0.1, 0.15) is 47.5 Å². The van der Waals surface area contributed by atoms with Crippen LogP contribution >= 0.6 is 0 Å². The first-order valence-corrected chi connectivity index (χ1v) is 9.53. The largest absolute Gasteiger partial charge is 0.356 e. The molecule has 5 heteroatoms. The Labute approximate surface area is 157 Å². The van der Waals surface area contributed by atoms with Crippen molar-refractivity contribution in [2.75, 3.05) is 13.6 Å². The zero-order valence-electron chi connectivity index (χ0n) is 17.1. The summed E-state index contributed by atoms with van der Waals surface area (Å²) >= 11 is 0. The summed E-state index contributed by atoms with van der Waals surface area (Å²) in [5.41, 5.74) is 7.76. The Hall–Kier alpha value is -2.30. The van der Waals surface area contributed by atoms with E-state index in [4.69, 9.17) is 0 Å². The van der Waals surface area contributed by atoms with Gasteiger partial charge in [0.1, 0.15) is 0 Å². The smallest absolute Gasteiger partial charge is 0.191 e. The molecule has 5 nitrogen and oxygen atoms in total. The van der Waals surface area contributed by atoms with E-state index in [-0.39, 0.29) is 0 Å². The third-order valence-corrected chi connectivity index (χ3v) is 4.67. The second kappa shape index (κ2) is 9.41. The number of hydrogen-bond acceptors (Lipinski definition) is 2. The quantitative estimate of drug-likeness (QED) is 0.593. The van der Waals surface area contributed by atoms with Crippen LogP contribution in [-0.4, -0.2) is 29.3 Å². The molecule has 0 saturated heterocycles. The molecule has 0 atom stereocenters. The van der Waals surface area contributed by atoms with E-state index in [1.54, 1.807) is 0 Å². The second-order valence-corrected chi connectivity index (χ2v) is 6.80. The Balaban J connectivity index is 1.92. The van der Waals surface area contributed by atoms with Crippen molar-refractivity contribution >= 4 is 5.96 Å². The minimum Gasteiger partial charge on any atom is -0.356 e. The average molecular weight is 356 g/mol. The minimum absolute atomic E-state index is 0.753. The molecule has 0 unspecified atom stereocenters. The lowest BCUT2D eigenvalue weighted by Gasteiger charge is -2.13. The number of aryl methyl sites for hydroxylation is 4. The summed E-state index contributed by atoms with van der Waals surface area (Å²) in [5.74, 6) is 0.835. The van der Waals surface area contributed by atoms with Crippen LogP contribution in [0.15, 0.2) is 23.2 Å². The Morgan fingerprint density at radius 3 is 2.35 bits per heavy atom. The summed E-state index contributed by atoms with van der Waals surface area (Å²) in [7, 11) is 3.84. The van der Waals surface area contributed by atoms with Gasteiger partial charge in [-0.25, -0.2) is 0 Å². The van der Waals surface area contributed by atoms with E-state index in [0.717, 1.165) is 38.3 Å². The molecule has 0 aliphatic rings. The van der Waals surface area contributed by atoms with Crippen molar-refractivity contribution in [3.05, 3.63) is 51.8 Å². The first-order valence-electron chi connectivity index (χ1n) is 9.53. The number of hydrogen-bond donors (Lipinski definition) is 2. The molecule has 0 saturated carbocycles. The average Bonchev–Trinajstić information content (AvgIpc) is 2.91. The zero-order chi connectivity index (χ0) is 19.1. The minimum atomic E-state index is 0.753. The van der Waals surface area contributed by atoms with Crippen molar-refractivity contribution in [3.63, 3.8) is 0 Å². The number of nitrogens with one attached hydrogen (secondary N) is 2. The molecule has 1 heterocycles. The van der Waals surface area contributed by atoms with Crippen LogP contribution in [0.5, 0.6) is 0 Å². The highest BCUT2D eigenvalue weighted by molar-refractivity contribution is 5.79. The number of benzene rings is 1. The van der Waals surface area contributed by atoms with E-state index in [2.05, 4.69) is 66.6 Å². The van der Waals surface area contributed by atoms with E-state index in [1.165, 1.54) is 33.6 Å². The Morgan fingerprint density at radius 1 is 1.08 bits per heavy atom. The molecule has 0 amide bonds. The predicted molar refractivity (Wildman–Crippen MR) is 110 cm³/mol. The number of nitrogens with zero attached hydrogens (tertiary/aromatic N) is 3. The van der Waals surface area contributed by atoms with Gasteiger partial charge < -0.3 is 10.6 Å². The van der Waals surface area contributed by atoms with Gasteiger partial charge in [-0.1, -0.05) is 43.2 Å². The maximum Gasteiger partial charge on any atom is 0.191 e. The van der Waals surface area contributed by atoms with E-state index in [9.17, 15) is 0 Å². The van der Waals surface area contributed by atoms with Crippen LogP contribution in [0.25, 0.3) is 0 Å². The highest BCUT2D eigenvalue weighted by atomic mass is 15.3. The predicted octanol–water partition coefficient (Wildman–Crippen LogP) is 3.07. The maximum atomic E-state index is 4.64. The lowest BCUT2D eigenvalue weighted by molar-refractivity contribution is 0.702. The summed E-state index contributed by atoms with van der Waals surface area (Å²) in [5, 5.41) is 11.5. The normalized spacial score (nSPS) is 11.7. The molecule has 142 valence electrons. The van der Waals surface area contributed by atoms with E-state index in [1.807, 2.05) is 18.8 Å². The van der Waals surface area contributed by atoms with Gasteiger partial charge in [0, 0.05) is 38.4 Å². The third-order valence-electron chi connectivity index (χ3n) is 4.67. The first kappa shape index (κ1) is 20.0. The Kier molecular flexibility index (Phi) is 7.25. The monoisotopic (exact) mass is 355 g/mol. The number of aromatic nitrogens is 2. The molecule has 2 N–H and O–H groups in total. The topological polar surface area (TPSA) is 54.2 Å². The van der Waals surface area contributed by atoms with E-state index in [0.29, 0.717) is 0 Å². The van der Waals surface area contributed by atoms with Crippen molar-refractivity contribution in [3.8, 4) is 0 Å². The molecular weight excluding hydrogens is 322 g/mol. The zero-order valence-corrected chi connectivity index (χ0v) is 17.1. The molecule has 2 aromatic rings. The molecule has 2 rings (SSSR count). The van der Waals surface area contributed by atoms with Gasteiger partial charge in [-0.05, 0) is 38.7 Å². The van der Waals surface area contributed by atoms with Gasteiger partial charge in [-0.3, -0.25) is 9.67 Å². The van der Waals surface area contributed by atoms with Gasteiger partial charge >= 0.3 is 0 Å². The Bertz CT molecular complexity index is 738. The lowest BCUT2D eigenvalue weighted by atomic mass is 10.1.